The van der Waals surface area contributed by atoms with Crippen molar-refractivity contribution in [2.45, 2.75) is 32.4 Å². The topological polar surface area (TPSA) is 43.4 Å². The van der Waals surface area contributed by atoms with E-state index in [1.165, 1.54) is 0 Å². The van der Waals surface area contributed by atoms with Gasteiger partial charge in [0.1, 0.15) is 6.17 Å². The van der Waals surface area contributed by atoms with Crippen LogP contribution in [0.2, 0.25) is 0 Å². The third-order valence-corrected chi connectivity index (χ3v) is 2.90. The van der Waals surface area contributed by atoms with Crippen LogP contribution in [0.25, 0.3) is 0 Å². The maximum absolute atomic E-state index is 12.1. The molecule has 4 nitrogen and oxygen atoms in total. The quantitative estimate of drug-likeness (QED) is 0.476. The van der Waals surface area contributed by atoms with Crippen LogP contribution in [-0.2, 0) is 4.79 Å². The van der Waals surface area contributed by atoms with E-state index in [1.807, 2.05) is 25.9 Å². The number of nitrogens with zero attached hydrogens (tertiary/aromatic N) is 2. The van der Waals surface area contributed by atoms with E-state index in [2.05, 4.69) is 0 Å². The molecule has 0 saturated carbocycles. The maximum atomic E-state index is 12.1. The van der Waals surface area contributed by atoms with E-state index in [-0.39, 0.29) is 12.1 Å². The average Bonchev–Trinajstić information content (AvgIpc) is 2.09. The Labute approximate surface area is 79.3 Å². The highest BCUT2D eigenvalue weighted by molar-refractivity contribution is 5.70. The molecule has 2 atom stereocenters. The molecule has 1 fully saturated rings. The summed E-state index contributed by atoms with van der Waals surface area (Å²) in [7, 11) is 3.68. The molecule has 1 rings (SSSR count). The van der Waals surface area contributed by atoms with Crippen molar-refractivity contribution in [1.29, 1.82) is 0 Å². The Morgan fingerprint density at radius 3 is 2.54 bits per heavy atom. The third-order valence-electron chi connectivity index (χ3n) is 2.90. The molecule has 1 aliphatic heterocycles. The number of amides is 1. The number of hydrogen-bond acceptors (Lipinski definition) is 3. The van der Waals surface area contributed by atoms with Crippen LogP contribution in [0.15, 0.2) is 0 Å². The van der Waals surface area contributed by atoms with Gasteiger partial charge < -0.3 is 5.21 Å². The fourth-order valence-electron chi connectivity index (χ4n) is 1.71. The predicted molar refractivity (Wildman–Crippen MR) is 50.5 cm³/mol. The van der Waals surface area contributed by atoms with Gasteiger partial charge in [-0.05, 0) is 26.9 Å². The molecule has 0 spiro atoms. The first-order valence-electron chi connectivity index (χ1n) is 4.77. The van der Waals surface area contributed by atoms with E-state index < -0.39 is 4.65 Å². The minimum Gasteiger partial charge on any atom is -0.624 e. The molecule has 0 aromatic carbocycles. The van der Waals surface area contributed by atoms with Gasteiger partial charge in [0, 0.05) is 6.92 Å². The summed E-state index contributed by atoms with van der Waals surface area (Å²) in [4.78, 5) is 13.3. The highest BCUT2D eigenvalue weighted by atomic mass is 16.6. The van der Waals surface area contributed by atoms with Crippen LogP contribution < -0.4 is 0 Å². The van der Waals surface area contributed by atoms with Crippen LogP contribution in [0.3, 0.4) is 0 Å². The van der Waals surface area contributed by atoms with Gasteiger partial charge in [0.05, 0.1) is 13.0 Å². The van der Waals surface area contributed by atoms with Crippen molar-refractivity contribution < 1.29 is 9.44 Å². The molecule has 1 aliphatic rings. The first kappa shape index (κ1) is 10.6. The van der Waals surface area contributed by atoms with Gasteiger partial charge in [-0.2, -0.15) is 0 Å². The second kappa shape index (κ2) is 3.74. The summed E-state index contributed by atoms with van der Waals surface area (Å²) in [5.74, 6) is -0.160. The van der Waals surface area contributed by atoms with Crippen molar-refractivity contribution in [2.75, 3.05) is 20.6 Å². The van der Waals surface area contributed by atoms with Crippen molar-refractivity contribution in [3.63, 3.8) is 0 Å². The molecule has 2 unspecified atom stereocenters. The second-order valence-corrected chi connectivity index (χ2v) is 3.97. The largest absolute Gasteiger partial charge is 0.624 e. The first-order chi connectivity index (χ1) is 5.98. The molecule has 1 heterocycles. The molecule has 0 radical (unpaired) electrons. The third kappa shape index (κ3) is 1.90. The number of hydroxylamine groups is 3. The number of rotatable bonds is 2. The Balaban J connectivity index is 2.77. The van der Waals surface area contributed by atoms with E-state index in [0.717, 1.165) is 12.8 Å². The Hall–Kier alpha value is -0.450. The fourth-order valence-corrected chi connectivity index (χ4v) is 1.71. The van der Waals surface area contributed by atoms with Crippen molar-refractivity contribution in [2.24, 2.45) is 0 Å². The summed E-state index contributed by atoms with van der Waals surface area (Å²) in [5, 5.41) is 12.1. The van der Waals surface area contributed by atoms with Gasteiger partial charge in [-0.1, -0.05) is 0 Å². The Kier molecular flexibility index (Phi) is 3.05. The zero-order chi connectivity index (χ0) is 10.1. The number of carbonyl (C=O) groups excluding carboxylic acids is 1. The SMILES string of the molecule is CC(N(C)C)[N+]1([O-])CCCCC1=O. The lowest BCUT2D eigenvalue weighted by Gasteiger charge is -2.48. The standard InChI is InChI=1S/C9H18N2O2/c1-8(10(2)3)11(13)7-5-4-6-9(11)12/h8H,4-7H2,1-3H3. The molecule has 0 bridgehead atoms. The van der Waals surface area contributed by atoms with Crippen LogP contribution in [0.1, 0.15) is 26.2 Å². The molecule has 0 aromatic rings. The Bertz CT molecular complexity index is 206. The number of likely N-dealkylation sites (tertiary alicyclic amines) is 1. The lowest BCUT2D eigenvalue weighted by Crippen LogP contribution is -2.60. The van der Waals surface area contributed by atoms with Crippen LogP contribution in [-0.4, -0.2) is 42.3 Å². The summed E-state index contributed by atoms with van der Waals surface area (Å²) in [6.45, 7) is 2.26. The van der Waals surface area contributed by atoms with Crippen molar-refractivity contribution in [3.8, 4) is 0 Å². The molecule has 0 N–H and O–H groups in total. The molecular formula is C9H18N2O2. The lowest BCUT2D eigenvalue weighted by atomic mass is 10.1. The van der Waals surface area contributed by atoms with Gasteiger partial charge in [-0.25, -0.2) is 4.79 Å². The van der Waals surface area contributed by atoms with Crippen LogP contribution in [0, 0.1) is 5.21 Å². The summed E-state index contributed by atoms with van der Waals surface area (Å²) < 4.78 is -0.660. The molecule has 13 heavy (non-hydrogen) atoms. The number of hydrogen-bond donors (Lipinski definition) is 0. The van der Waals surface area contributed by atoms with E-state index in [9.17, 15) is 10.0 Å². The van der Waals surface area contributed by atoms with Crippen LogP contribution in [0.4, 0.5) is 0 Å². The number of piperidine rings is 1. The van der Waals surface area contributed by atoms with Gasteiger partial charge in [-0.15, -0.1) is 0 Å². The smallest absolute Gasteiger partial charge is 0.314 e. The summed E-state index contributed by atoms with van der Waals surface area (Å²) >= 11 is 0. The predicted octanol–water partition coefficient (Wildman–Crippen LogP) is 0.919. The Morgan fingerprint density at radius 2 is 2.08 bits per heavy atom. The summed E-state index contributed by atoms with van der Waals surface area (Å²) in [6, 6.07) is 0. The summed E-state index contributed by atoms with van der Waals surface area (Å²) in [6.07, 6.45) is 1.93. The fraction of sp³-hybridized carbons (Fsp3) is 0.889. The van der Waals surface area contributed by atoms with Crippen molar-refractivity contribution in [1.82, 2.24) is 4.90 Å². The van der Waals surface area contributed by atoms with Gasteiger partial charge in [0.25, 0.3) is 0 Å². The van der Waals surface area contributed by atoms with Crippen molar-refractivity contribution >= 4 is 5.91 Å². The minimum absolute atomic E-state index is 0.160. The molecule has 76 valence electrons. The van der Waals surface area contributed by atoms with Gasteiger partial charge in [0.15, 0.2) is 0 Å². The molecule has 4 heteroatoms. The highest BCUT2D eigenvalue weighted by Gasteiger charge is 2.36. The van der Waals surface area contributed by atoms with Crippen LogP contribution >= 0.6 is 0 Å². The van der Waals surface area contributed by atoms with Gasteiger partial charge >= 0.3 is 5.91 Å². The molecular weight excluding hydrogens is 168 g/mol. The average molecular weight is 186 g/mol. The van der Waals surface area contributed by atoms with Crippen LogP contribution in [0.5, 0.6) is 0 Å². The lowest BCUT2D eigenvalue weighted by molar-refractivity contribution is -0.845. The monoisotopic (exact) mass is 186 g/mol. The first-order valence-corrected chi connectivity index (χ1v) is 4.77. The van der Waals surface area contributed by atoms with Crippen molar-refractivity contribution in [3.05, 3.63) is 5.21 Å². The highest BCUT2D eigenvalue weighted by Crippen LogP contribution is 2.23. The second-order valence-electron chi connectivity index (χ2n) is 3.97. The molecule has 1 amide bonds. The maximum Gasteiger partial charge on any atom is 0.314 e. The Morgan fingerprint density at radius 1 is 1.46 bits per heavy atom. The van der Waals surface area contributed by atoms with E-state index in [0.29, 0.717) is 13.0 Å². The summed E-state index contributed by atoms with van der Waals surface area (Å²) in [5.41, 5.74) is 0. The van der Waals surface area contributed by atoms with E-state index in [4.69, 9.17) is 0 Å². The molecule has 0 aliphatic carbocycles. The minimum atomic E-state index is -0.660. The number of carbonyl (C=O) groups is 1. The zero-order valence-electron chi connectivity index (χ0n) is 8.62. The molecule has 0 aromatic heterocycles. The van der Waals surface area contributed by atoms with Gasteiger partial charge in [-0.3, -0.25) is 9.55 Å². The molecule has 1 saturated heterocycles. The number of quaternary nitrogens is 1. The van der Waals surface area contributed by atoms with Gasteiger partial charge in [0.2, 0.25) is 0 Å². The van der Waals surface area contributed by atoms with E-state index >= 15 is 0 Å². The zero-order valence-corrected chi connectivity index (χ0v) is 8.62. The van der Waals surface area contributed by atoms with E-state index in [1.54, 1.807) is 0 Å². The normalized spacial score (nSPS) is 32.2.